The molecule has 0 atom stereocenters. The van der Waals surface area contributed by atoms with Gasteiger partial charge >= 0.3 is 0 Å². The molecule has 0 fully saturated rings. The number of rotatable bonds is 2. The largest absolute Gasteiger partial charge is 0.461 e. The second-order valence-corrected chi connectivity index (χ2v) is 3.46. The highest BCUT2D eigenvalue weighted by Crippen LogP contribution is 2.20. The highest BCUT2D eigenvalue weighted by Gasteiger charge is 2.09. The topological polar surface area (TPSA) is 64.9 Å². The van der Waals surface area contributed by atoms with Crippen molar-refractivity contribution in [3.8, 4) is 11.6 Å². The Morgan fingerprint density at radius 2 is 2.13 bits per heavy atom. The minimum atomic E-state index is 0.413. The maximum Gasteiger partial charge on any atom is 0.196 e. The molecule has 0 aromatic carbocycles. The van der Waals surface area contributed by atoms with E-state index in [2.05, 4.69) is 9.97 Å². The van der Waals surface area contributed by atoms with Crippen molar-refractivity contribution in [1.29, 1.82) is 0 Å². The van der Waals surface area contributed by atoms with Crippen molar-refractivity contribution in [3.05, 3.63) is 35.3 Å². The molecule has 0 radical (unpaired) electrons. The number of nitrogens with zero attached hydrogens (tertiary/aromatic N) is 2. The standard InChI is InChI=1S/C11H13N3O/c1-7-3-4-15-10(7)11-13-8(2)5-9(6-12)14-11/h3-5H,6,12H2,1-2H3. The van der Waals surface area contributed by atoms with Crippen LogP contribution >= 0.6 is 0 Å². The van der Waals surface area contributed by atoms with Gasteiger partial charge in [-0.25, -0.2) is 9.97 Å². The van der Waals surface area contributed by atoms with Crippen molar-refractivity contribution in [3.63, 3.8) is 0 Å². The zero-order chi connectivity index (χ0) is 10.8. The van der Waals surface area contributed by atoms with E-state index in [0.717, 1.165) is 17.0 Å². The first-order valence-electron chi connectivity index (χ1n) is 4.80. The first-order chi connectivity index (χ1) is 7.20. The van der Waals surface area contributed by atoms with Crippen LogP contribution in [0.4, 0.5) is 0 Å². The van der Waals surface area contributed by atoms with Gasteiger partial charge in [0.15, 0.2) is 11.6 Å². The van der Waals surface area contributed by atoms with Gasteiger partial charge in [-0.3, -0.25) is 0 Å². The Balaban J connectivity index is 2.53. The lowest BCUT2D eigenvalue weighted by molar-refractivity contribution is 0.574. The van der Waals surface area contributed by atoms with Gasteiger partial charge in [-0.2, -0.15) is 0 Å². The molecule has 78 valence electrons. The van der Waals surface area contributed by atoms with Gasteiger partial charge in [-0.15, -0.1) is 0 Å². The van der Waals surface area contributed by atoms with Gasteiger partial charge in [0.1, 0.15) is 0 Å². The summed E-state index contributed by atoms with van der Waals surface area (Å²) in [4.78, 5) is 8.65. The van der Waals surface area contributed by atoms with E-state index < -0.39 is 0 Å². The number of furan rings is 1. The molecule has 2 rings (SSSR count). The first kappa shape index (κ1) is 9.86. The fraction of sp³-hybridized carbons (Fsp3) is 0.273. The van der Waals surface area contributed by atoms with E-state index in [1.807, 2.05) is 26.0 Å². The van der Waals surface area contributed by atoms with Crippen LogP contribution < -0.4 is 5.73 Å². The van der Waals surface area contributed by atoms with E-state index in [0.29, 0.717) is 18.1 Å². The zero-order valence-corrected chi connectivity index (χ0v) is 8.82. The number of aryl methyl sites for hydroxylation is 2. The monoisotopic (exact) mass is 203 g/mol. The molecule has 0 saturated heterocycles. The van der Waals surface area contributed by atoms with Crippen molar-refractivity contribution in [2.75, 3.05) is 0 Å². The maximum absolute atomic E-state index is 5.56. The average Bonchev–Trinajstić information content (AvgIpc) is 2.63. The molecule has 4 heteroatoms. The lowest BCUT2D eigenvalue weighted by atomic mass is 10.2. The SMILES string of the molecule is Cc1cc(CN)nc(-c2occc2C)n1. The molecular weight excluding hydrogens is 190 g/mol. The molecule has 2 aromatic rings. The van der Waals surface area contributed by atoms with E-state index in [-0.39, 0.29) is 0 Å². The fourth-order valence-electron chi connectivity index (χ4n) is 1.44. The minimum Gasteiger partial charge on any atom is -0.461 e. The van der Waals surface area contributed by atoms with E-state index in [4.69, 9.17) is 10.2 Å². The molecule has 2 N–H and O–H groups in total. The zero-order valence-electron chi connectivity index (χ0n) is 8.82. The van der Waals surface area contributed by atoms with Crippen LogP contribution in [0.15, 0.2) is 22.8 Å². The van der Waals surface area contributed by atoms with Crippen LogP contribution in [0.5, 0.6) is 0 Å². The van der Waals surface area contributed by atoms with Crippen LogP contribution in [0.3, 0.4) is 0 Å². The highest BCUT2D eigenvalue weighted by atomic mass is 16.3. The molecule has 0 bridgehead atoms. The molecule has 2 aromatic heterocycles. The Hall–Kier alpha value is -1.68. The lowest BCUT2D eigenvalue weighted by Crippen LogP contribution is -2.03. The summed E-state index contributed by atoms with van der Waals surface area (Å²) in [6.45, 7) is 4.30. The Labute approximate surface area is 88.2 Å². The molecule has 0 spiro atoms. The second-order valence-electron chi connectivity index (χ2n) is 3.46. The molecule has 0 saturated carbocycles. The lowest BCUT2D eigenvalue weighted by Gasteiger charge is -2.02. The summed E-state index contributed by atoms with van der Waals surface area (Å²) in [5.41, 5.74) is 8.32. The van der Waals surface area contributed by atoms with Gasteiger partial charge < -0.3 is 10.2 Å². The number of hydrogen-bond donors (Lipinski definition) is 1. The summed E-state index contributed by atoms with van der Waals surface area (Å²) in [7, 11) is 0. The average molecular weight is 203 g/mol. The number of hydrogen-bond acceptors (Lipinski definition) is 4. The maximum atomic E-state index is 5.56. The van der Waals surface area contributed by atoms with Crippen molar-refractivity contribution >= 4 is 0 Å². The van der Waals surface area contributed by atoms with E-state index in [9.17, 15) is 0 Å². The molecular formula is C11H13N3O. The summed E-state index contributed by atoms with van der Waals surface area (Å²) in [5, 5.41) is 0. The first-order valence-corrected chi connectivity index (χ1v) is 4.80. The van der Waals surface area contributed by atoms with E-state index in [1.165, 1.54) is 0 Å². The Morgan fingerprint density at radius 3 is 2.73 bits per heavy atom. The molecule has 0 aliphatic rings. The Kier molecular flexibility index (Phi) is 2.51. The third kappa shape index (κ3) is 1.89. The highest BCUT2D eigenvalue weighted by molar-refractivity contribution is 5.52. The quantitative estimate of drug-likeness (QED) is 0.808. The Morgan fingerprint density at radius 1 is 1.33 bits per heavy atom. The van der Waals surface area contributed by atoms with Crippen molar-refractivity contribution < 1.29 is 4.42 Å². The van der Waals surface area contributed by atoms with E-state index in [1.54, 1.807) is 6.26 Å². The molecule has 0 aliphatic carbocycles. The number of nitrogens with two attached hydrogens (primary N) is 1. The predicted molar refractivity (Wildman–Crippen MR) is 57.1 cm³/mol. The second kappa shape index (κ2) is 3.82. The summed E-state index contributed by atoms with van der Waals surface area (Å²) in [6, 6.07) is 3.77. The molecule has 4 nitrogen and oxygen atoms in total. The summed E-state index contributed by atoms with van der Waals surface area (Å²) in [5.74, 6) is 1.33. The molecule has 0 amide bonds. The van der Waals surface area contributed by atoms with Gasteiger partial charge in [-0.05, 0) is 31.5 Å². The van der Waals surface area contributed by atoms with Crippen molar-refractivity contribution in [2.24, 2.45) is 5.73 Å². The smallest absolute Gasteiger partial charge is 0.196 e. The third-order valence-corrected chi connectivity index (χ3v) is 2.18. The van der Waals surface area contributed by atoms with Gasteiger partial charge in [0, 0.05) is 12.2 Å². The van der Waals surface area contributed by atoms with Gasteiger partial charge in [0.05, 0.1) is 12.0 Å². The Bertz CT molecular complexity index is 476. The van der Waals surface area contributed by atoms with E-state index >= 15 is 0 Å². The van der Waals surface area contributed by atoms with Crippen LogP contribution in [0.25, 0.3) is 11.6 Å². The summed E-state index contributed by atoms with van der Waals surface area (Å²) >= 11 is 0. The van der Waals surface area contributed by atoms with Gasteiger partial charge in [-0.1, -0.05) is 0 Å². The fourth-order valence-corrected chi connectivity index (χ4v) is 1.44. The minimum absolute atomic E-state index is 0.413. The molecule has 0 unspecified atom stereocenters. The molecule has 15 heavy (non-hydrogen) atoms. The van der Waals surface area contributed by atoms with Crippen LogP contribution in [-0.2, 0) is 6.54 Å². The van der Waals surface area contributed by atoms with Gasteiger partial charge in [0.2, 0.25) is 0 Å². The van der Waals surface area contributed by atoms with Gasteiger partial charge in [0.25, 0.3) is 0 Å². The number of aromatic nitrogens is 2. The van der Waals surface area contributed by atoms with Crippen LogP contribution in [-0.4, -0.2) is 9.97 Å². The van der Waals surface area contributed by atoms with Crippen LogP contribution in [0.1, 0.15) is 17.0 Å². The van der Waals surface area contributed by atoms with Crippen LogP contribution in [0, 0.1) is 13.8 Å². The third-order valence-electron chi connectivity index (χ3n) is 2.18. The summed E-state index contributed by atoms with van der Waals surface area (Å²) in [6.07, 6.45) is 1.64. The summed E-state index contributed by atoms with van der Waals surface area (Å²) < 4.78 is 5.34. The molecule has 0 aliphatic heterocycles. The predicted octanol–water partition coefficient (Wildman–Crippen LogP) is 1.81. The molecule has 2 heterocycles. The van der Waals surface area contributed by atoms with Crippen molar-refractivity contribution in [1.82, 2.24) is 9.97 Å². The van der Waals surface area contributed by atoms with Crippen molar-refractivity contribution in [2.45, 2.75) is 20.4 Å². The normalized spacial score (nSPS) is 10.6. The van der Waals surface area contributed by atoms with Crippen LogP contribution in [0.2, 0.25) is 0 Å².